The maximum Gasteiger partial charge on any atom is 0.338 e. The quantitative estimate of drug-likeness (QED) is 0.570. The maximum absolute atomic E-state index is 12.2. The molecule has 3 rings (SSSR count). The van der Waals surface area contributed by atoms with Gasteiger partial charge in [0, 0.05) is 12.2 Å². The van der Waals surface area contributed by atoms with Gasteiger partial charge in [0.25, 0.3) is 5.91 Å². The molecule has 0 atom stereocenters. The number of esters is 1. The lowest BCUT2D eigenvalue weighted by Crippen LogP contribution is -2.26. The summed E-state index contributed by atoms with van der Waals surface area (Å²) in [7, 11) is 0. The summed E-state index contributed by atoms with van der Waals surface area (Å²) in [5, 5.41) is 6.06. The third-order valence-electron chi connectivity index (χ3n) is 4.22. The third-order valence-corrected chi connectivity index (χ3v) is 4.22. The number of rotatable bonds is 8. The molecule has 1 heterocycles. The van der Waals surface area contributed by atoms with E-state index < -0.39 is 0 Å². The molecule has 1 amide bonds. The number of nitrogens with zero attached hydrogens (tertiary/aromatic N) is 1. The predicted molar refractivity (Wildman–Crippen MR) is 112 cm³/mol. The molecule has 0 saturated carbocycles. The first kappa shape index (κ1) is 20.1. The number of amides is 1. The Bertz CT molecular complexity index is 939. The van der Waals surface area contributed by atoms with Gasteiger partial charge in [0.2, 0.25) is 0 Å². The first-order valence-corrected chi connectivity index (χ1v) is 9.48. The molecular weight excluding hydrogens is 366 g/mol. The summed E-state index contributed by atoms with van der Waals surface area (Å²) in [6, 6.07) is 20.4. The van der Waals surface area contributed by atoms with Gasteiger partial charge in [0.15, 0.2) is 0 Å². The molecule has 0 aliphatic heterocycles. The maximum atomic E-state index is 12.2. The minimum Gasteiger partial charge on any atom is -0.462 e. The Morgan fingerprint density at radius 2 is 1.66 bits per heavy atom. The van der Waals surface area contributed by atoms with Crippen LogP contribution in [-0.4, -0.2) is 30.0 Å². The van der Waals surface area contributed by atoms with Crippen LogP contribution < -0.4 is 10.6 Å². The van der Waals surface area contributed by atoms with Crippen LogP contribution in [0.25, 0.3) is 0 Å². The van der Waals surface area contributed by atoms with Crippen molar-refractivity contribution in [3.63, 3.8) is 0 Å². The van der Waals surface area contributed by atoms with Crippen LogP contribution in [0.4, 0.5) is 11.4 Å². The van der Waals surface area contributed by atoms with Crippen LogP contribution in [0, 0.1) is 0 Å². The van der Waals surface area contributed by atoms with Gasteiger partial charge in [-0.1, -0.05) is 30.3 Å². The van der Waals surface area contributed by atoms with E-state index >= 15 is 0 Å². The predicted octanol–water partition coefficient (Wildman–Crippen LogP) is 3.97. The number of pyridine rings is 1. The van der Waals surface area contributed by atoms with Crippen molar-refractivity contribution >= 4 is 23.3 Å². The fraction of sp³-hybridized carbons (Fsp3) is 0.174. The zero-order chi connectivity index (χ0) is 20.5. The Labute approximate surface area is 169 Å². The van der Waals surface area contributed by atoms with Gasteiger partial charge in [-0.05, 0) is 55.3 Å². The SMILES string of the molecule is CCOC(=O)c1ccc(Nc2ccc(C(=O)NCCc3ccccc3)nc2)cc1. The molecule has 0 aliphatic rings. The van der Waals surface area contributed by atoms with E-state index in [1.54, 1.807) is 49.5 Å². The third kappa shape index (κ3) is 5.90. The van der Waals surface area contributed by atoms with Gasteiger partial charge in [-0.3, -0.25) is 4.79 Å². The highest BCUT2D eigenvalue weighted by molar-refractivity contribution is 5.92. The molecule has 148 valence electrons. The number of hydrogen-bond acceptors (Lipinski definition) is 5. The van der Waals surface area contributed by atoms with E-state index in [9.17, 15) is 9.59 Å². The highest BCUT2D eigenvalue weighted by atomic mass is 16.5. The zero-order valence-electron chi connectivity index (χ0n) is 16.2. The van der Waals surface area contributed by atoms with Gasteiger partial charge in [-0.15, -0.1) is 0 Å². The van der Waals surface area contributed by atoms with E-state index in [0.29, 0.717) is 24.4 Å². The minimum absolute atomic E-state index is 0.203. The fourth-order valence-electron chi connectivity index (χ4n) is 2.73. The smallest absolute Gasteiger partial charge is 0.338 e. The molecule has 0 spiro atoms. The Balaban J connectivity index is 1.51. The van der Waals surface area contributed by atoms with Gasteiger partial charge in [0.1, 0.15) is 5.69 Å². The minimum atomic E-state index is -0.344. The van der Waals surface area contributed by atoms with Crippen molar-refractivity contribution < 1.29 is 14.3 Å². The molecular formula is C23H23N3O3. The van der Waals surface area contributed by atoms with E-state index in [4.69, 9.17) is 4.74 Å². The zero-order valence-corrected chi connectivity index (χ0v) is 16.2. The lowest BCUT2D eigenvalue weighted by molar-refractivity contribution is 0.0526. The van der Waals surface area contributed by atoms with Crippen LogP contribution in [-0.2, 0) is 11.2 Å². The van der Waals surface area contributed by atoms with Crippen molar-refractivity contribution in [3.8, 4) is 0 Å². The Morgan fingerprint density at radius 3 is 2.31 bits per heavy atom. The highest BCUT2D eigenvalue weighted by Gasteiger charge is 2.08. The standard InChI is InChI=1S/C23H23N3O3/c1-2-29-23(28)18-8-10-19(11-9-18)26-20-12-13-21(25-16-20)22(27)24-15-14-17-6-4-3-5-7-17/h3-13,16,26H,2,14-15H2,1H3,(H,24,27). The average Bonchev–Trinajstić information content (AvgIpc) is 2.75. The van der Waals surface area contributed by atoms with Gasteiger partial charge in [0.05, 0.1) is 24.1 Å². The molecule has 0 aliphatic carbocycles. The summed E-state index contributed by atoms with van der Waals surface area (Å²) in [4.78, 5) is 28.1. The van der Waals surface area contributed by atoms with Crippen molar-refractivity contribution in [1.82, 2.24) is 10.3 Å². The molecule has 29 heavy (non-hydrogen) atoms. The Morgan fingerprint density at radius 1 is 0.931 bits per heavy atom. The van der Waals surface area contributed by atoms with Crippen molar-refractivity contribution in [2.75, 3.05) is 18.5 Å². The Kier molecular flexibility index (Phi) is 6.95. The lowest BCUT2D eigenvalue weighted by atomic mass is 10.1. The number of ether oxygens (including phenoxy) is 1. The number of nitrogens with one attached hydrogen (secondary N) is 2. The normalized spacial score (nSPS) is 10.2. The van der Waals surface area contributed by atoms with Gasteiger partial charge < -0.3 is 15.4 Å². The molecule has 3 aromatic rings. The second-order valence-corrected chi connectivity index (χ2v) is 6.35. The van der Waals surface area contributed by atoms with E-state index in [-0.39, 0.29) is 11.9 Å². The first-order chi connectivity index (χ1) is 14.2. The summed E-state index contributed by atoms with van der Waals surface area (Å²) < 4.78 is 4.97. The average molecular weight is 389 g/mol. The van der Waals surface area contributed by atoms with E-state index in [1.807, 2.05) is 30.3 Å². The second-order valence-electron chi connectivity index (χ2n) is 6.35. The van der Waals surface area contributed by atoms with Crippen molar-refractivity contribution in [1.29, 1.82) is 0 Å². The van der Waals surface area contributed by atoms with Gasteiger partial charge in [-0.2, -0.15) is 0 Å². The molecule has 1 aromatic heterocycles. The van der Waals surface area contributed by atoms with Gasteiger partial charge >= 0.3 is 5.97 Å². The number of carbonyl (C=O) groups is 2. The lowest BCUT2D eigenvalue weighted by Gasteiger charge is -2.08. The first-order valence-electron chi connectivity index (χ1n) is 9.48. The summed E-state index contributed by atoms with van der Waals surface area (Å²) in [5.41, 5.74) is 3.59. The van der Waals surface area contributed by atoms with Gasteiger partial charge in [-0.25, -0.2) is 9.78 Å². The highest BCUT2D eigenvalue weighted by Crippen LogP contribution is 2.17. The van der Waals surface area contributed by atoms with E-state index in [1.165, 1.54) is 5.56 Å². The number of anilines is 2. The number of hydrogen-bond donors (Lipinski definition) is 2. The molecule has 0 radical (unpaired) electrons. The molecule has 0 unspecified atom stereocenters. The molecule has 6 heteroatoms. The molecule has 0 fully saturated rings. The summed E-state index contributed by atoms with van der Waals surface area (Å²) in [5.74, 6) is -0.547. The molecule has 2 aromatic carbocycles. The number of carbonyl (C=O) groups excluding carboxylic acids is 2. The van der Waals surface area contributed by atoms with Crippen LogP contribution in [0.15, 0.2) is 72.9 Å². The summed E-state index contributed by atoms with van der Waals surface area (Å²) in [6.45, 7) is 2.67. The molecule has 0 bridgehead atoms. The largest absolute Gasteiger partial charge is 0.462 e. The topological polar surface area (TPSA) is 80.3 Å². The van der Waals surface area contributed by atoms with Crippen LogP contribution >= 0.6 is 0 Å². The number of benzene rings is 2. The van der Waals surface area contributed by atoms with Crippen LogP contribution in [0.5, 0.6) is 0 Å². The Hall–Kier alpha value is -3.67. The van der Waals surface area contributed by atoms with Crippen molar-refractivity contribution in [2.45, 2.75) is 13.3 Å². The van der Waals surface area contributed by atoms with E-state index in [2.05, 4.69) is 15.6 Å². The van der Waals surface area contributed by atoms with Crippen LogP contribution in [0.2, 0.25) is 0 Å². The summed E-state index contributed by atoms with van der Waals surface area (Å²) >= 11 is 0. The molecule has 2 N–H and O–H groups in total. The van der Waals surface area contributed by atoms with Crippen molar-refractivity contribution in [3.05, 3.63) is 89.7 Å². The molecule has 0 saturated heterocycles. The van der Waals surface area contributed by atoms with Crippen LogP contribution in [0.1, 0.15) is 33.3 Å². The number of aromatic nitrogens is 1. The molecule has 6 nitrogen and oxygen atoms in total. The summed E-state index contributed by atoms with van der Waals surface area (Å²) in [6.07, 6.45) is 2.37. The second kappa shape index (κ2) is 10.0. The monoisotopic (exact) mass is 389 g/mol. The van der Waals surface area contributed by atoms with Crippen molar-refractivity contribution in [2.24, 2.45) is 0 Å². The van der Waals surface area contributed by atoms with Crippen LogP contribution in [0.3, 0.4) is 0 Å². The van der Waals surface area contributed by atoms with E-state index in [0.717, 1.165) is 17.8 Å². The fourth-order valence-corrected chi connectivity index (χ4v) is 2.73.